The molecule has 0 unspecified atom stereocenters. The summed E-state index contributed by atoms with van der Waals surface area (Å²) in [6, 6.07) is 11.3. The average Bonchev–Trinajstić information content (AvgIpc) is 2.61. The van der Waals surface area contributed by atoms with E-state index in [0.717, 1.165) is 37.5 Å². The van der Waals surface area contributed by atoms with Crippen LogP contribution < -0.4 is 10.9 Å². The summed E-state index contributed by atoms with van der Waals surface area (Å²) < 4.78 is 1.42. The summed E-state index contributed by atoms with van der Waals surface area (Å²) in [4.78, 5) is 26.7. The molecule has 1 aromatic heterocycles. The number of pyridine rings is 1. The largest absolute Gasteiger partial charge is 0.349 e. The van der Waals surface area contributed by atoms with Crippen molar-refractivity contribution in [1.29, 1.82) is 0 Å². The average molecular weight is 360 g/mol. The van der Waals surface area contributed by atoms with E-state index >= 15 is 0 Å². The lowest BCUT2D eigenvalue weighted by atomic mass is 10.0. The molecule has 0 saturated carbocycles. The second-order valence-corrected chi connectivity index (χ2v) is 6.92. The number of piperidine rings is 1. The number of amides is 1. The zero-order chi connectivity index (χ0) is 17.8. The Hall–Kier alpha value is -2.11. The second kappa shape index (κ2) is 7.85. The Balaban J connectivity index is 1.52. The molecule has 1 N–H and O–H groups in total. The fourth-order valence-corrected chi connectivity index (χ4v) is 3.24. The van der Waals surface area contributed by atoms with E-state index in [2.05, 4.69) is 10.2 Å². The van der Waals surface area contributed by atoms with Crippen LogP contribution in [0, 0.1) is 0 Å². The molecular formula is C19H22ClN3O2. The van der Waals surface area contributed by atoms with Crippen LogP contribution in [-0.4, -0.2) is 34.5 Å². The minimum absolute atomic E-state index is 0.110. The number of nitrogens with zero attached hydrogens (tertiary/aromatic N) is 2. The molecule has 25 heavy (non-hydrogen) atoms. The molecule has 0 radical (unpaired) electrons. The van der Waals surface area contributed by atoms with Gasteiger partial charge in [0.1, 0.15) is 5.56 Å². The molecule has 132 valence electrons. The maximum Gasteiger partial charge on any atom is 0.263 e. The first-order valence-electron chi connectivity index (χ1n) is 8.46. The molecule has 5 nitrogen and oxygen atoms in total. The van der Waals surface area contributed by atoms with Gasteiger partial charge in [0.05, 0.1) is 0 Å². The summed E-state index contributed by atoms with van der Waals surface area (Å²) >= 11 is 5.92. The van der Waals surface area contributed by atoms with Crippen LogP contribution in [0.25, 0.3) is 0 Å². The zero-order valence-corrected chi connectivity index (χ0v) is 15.0. The van der Waals surface area contributed by atoms with E-state index in [0.29, 0.717) is 0 Å². The van der Waals surface area contributed by atoms with Crippen LogP contribution in [0.2, 0.25) is 5.02 Å². The number of carbonyl (C=O) groups is 1. The number of benzene rings is 1. The van der Waals surface area contributed by atoms with Gasteiger partial charge in [-0.3, -0.25) is 14.5 Å². The highest BCUT2D eigenvalue weighted by Gasteiger charge is 2.22. The normalized spacial score (nSPS) is 15.9. The quantitative estimate of drug-likeness (QED) is 0.912. The molecule has 1 aliphatic rings. The highest BCUT2D eigenvalue weighted by Crippen LogP contribution is 2.16. The molecule has 0 atom stereocenters. The van der Waals surface area contributed by atoms with Gasteiger partial charge in [-0.2, -0.15) is 0 Å². The van der Waals surface area contributed by atoms with Crippen molar-refractivity contribution in [3.05, 3.63) is 69.1 Å². The number of aryl methyl sites for hydroxylation is 1. The van der Waals surface area contributed by atoms with Gasteiger partial charge in [-0.05, 0) is 42.7 Å². The van der Waals surface area contributed by atoms with Gasteiger partial charge >= 0.3 is 0 Å². The number of hydrogen-bond acceptors (Lipinski definition) is 3. The van der Waals surface area contributed by atoms with Crippen LogP contribution >= 0.6 is 11.6 Å². The first-order chi connectivity index (χ1) is 12.0. The molecule has 0 bridgehead atoms. The molecule has 1 aromatic carbocycles. The number of likely N-dealkylation sites (tertiary alicyclic amines) is 1. The van der Waals surface area contributed by atoms with E-state index in [1.165, 1.54) is 10.1 Å². The van der Waals surface area contributed by atoms with Crippen molar-refractivity contribution in [2.45, 2.75) is 25.4 Å². The standard InChI is InChI=1S/C19H22ClN3O2/c1-22-10-2-3-17(19(22)25)18(24)21-16-8-11-23(12-9-16)13-14-4-6-15(20)7-5-14/h2-7,10,16H,8-9,11-13H2,1H3,(H,21,24). The maximum atomic E-state index is 12.3. The van der Waals surface area contributed by atoms with Crippen molar-refractivity contribution >= 4 is 17.5 Å². The summed E-state index contributed by atoms with van der Waals surface area (Å²) in [5.41, 5.74) is 1.17. The van der Waals surface area contributed by atoms with Crippen molar-refractivity contribution < 1.29 is 4.79 Å². The van der Waals surface area contributed by atoms with E-state index in [-0.39, 0.29) is 23.1 Å². The van der Waals surface area contributed by atoms with Crippen molar-refractivity contribution in [3.63, 3.8) is 0 Å². The first-order valence-corrected chi connectivity index (χ1v) is 8.84. The number of rotatable bonds is 4. The van der Waals surface area contributed by atoms with Crippen LogP contribution in [0.15, 0.2) is 47.4 Å². The Kier molecular flexibility index (Phi) is 5.56. The molecule has 2 heterocycles. The smallest absolute Gasteiger partial charge is 0.263 e. The van der Waals surface area contributed by atoms with Gasteiger partial charge in [0.15, 0.2) is 0 Å². The molecule has 1 saturated heterocycles. The lowest BCUT2D eigenvalue weighted by Crippen LogP contribution is -2.45. The van der Waals surface area contributed by atoms with Gasteiger partial charge in [-0.25, -0.2) is 0 Å². The van der Waals surface area contributed by atoms with Gasteiger partial charge in [0, 0.05) is 43.9 Å². The summed E-state index contributed by atoms with van der Waals surface area (Å²) in [5.74, 6) is -0.280. The third-order valence-corrected chi connectivity index (χ3v) is 4.86. The Morgan fingerprint density at radius 3 is 2.56 bits per heavy atom. The van der Waals surface area contributed by atoms with Gasteiger partial charge in [0.25, 0.3) is 11.5 Å². The topological polar surface area (TPSA) is 54.3 Å². The van der Waals surface area contributed by atoms with Crippen molar-refractivity contribution in [2.75, 3.05) is 13.1 Å². The highest BCUT2D eigenvalue weighted by atomic mass is 35.5. The SMILES string of the molecule is Cn1cccc(C(=O)NC2CCN(Cc3ccc(Cl)cc3)CC2)c1=O. The van der Waals surface area contributed by atoms with E-state index in [1.807, 2.05) is 24.3 Å². The summed E-state index contributed by atoms with van der Waals surface area (Å²) in [5, 5.41) is 3.75. The Labute approximate surface area is 152 Å². The molecule has 1 aliphatic heterocycles. The molecule has 3 rings (SSSR count). The third kappa shape index (κ3) is 4.50. The Morgan fingerprint density at radius 2 is 1.88 bits per heavy atom. The predicted molar refractivity (Wildman–Crippen MR) is 98.9 cm³/mol. The van der Waals surface area contributed by atoms with Crippen molar-refractivity contribution in [2.24, 2.45) is 7.05 Å². The first kappa shape index (κ1) is 17.7. The Bertz CT molecular complexity index is 793. The number of hydrogen-bond donors (Lipinski definition) is 1. The molecule has 1 fully saturated rings. The monoisotopic (exact) mass is 359 g/mol. The highest BCUT2D eigenvalue weighted by molar-refractivity contribution is 6.30. The molecular weight excluding hydrogens is 338 g/mol. The molecule has 0 aliphatic carbocycles. The minimum atomic E-state index is -0.280. The van der Waals surface area contributed by atoms with Crippen LogP contribution in [0.5, 0.6) is 0 Å². The molecule has 2 aromatic rings. The lowest BCUT2D eigenvalue weighted by Gasteiger charge is -2.32. The second-order valence-electron chi connectivity index (χ2n) is 6.49. The van der Waals surface area contributed by atoms with Crippen LogP contribution in [0.1, 0.15) is 28.8 Å². The van der Waals surface area contributed by atoms with Crippen molar-refractivity contribution in [1.82, 2.24) is 14.8 Å². The van der Waals surface area contributed by atoms with E-state index in [4.69, 9.17) is 11.6 Å². The molecule has 6 heteroatoms. The molecule has 0 spiro atoms. The van der Waals surface area contributed by atoms with Gasteiger partial charge in [-0.1, -0.05) is 23.7 Å². The Morgan fingerprint density at radius 1 is 1.20 bits per heavy atom. The summed E-state index contributed by atoms with van der Waals surface area (Å²) in [7, 11) is 1.65. The maximum absolute atomic E-state index is 12.3. The zero-order valence-electron chi connectivity index (χ0n) is 14.2. The summed E-state index contributed by atoms with van der Waals surface area (Å²) in [6.45, 7) is 2.72. The number of nitrogens with one attached hydrogen (secondary N) is 1. The van der Waals surface area contributed by atoms with Gasteiger partial charge in [-0.15, -0.1) is 0 Å². The predicted octanol–water partition coefficient (Wildman–Crippen LogP) is 2.43. The number of aromatic nitrogens is 1. The van der Waals surface area contributed by atoms with E-state index in [1.54, 1.807) is 25.4 Å². The fraction of sp³-hybridized carbons (Fsp3) is 0.368. The van der Waals surface area contributed by atoms with Gasteiger partial charge < -0.3 is 9.88 Å². The fourth-order valence-electron chi connectivity index (χ4n) is 3.12. The minimum Gasteiger partial charge on any atom is -0.349 e. The molecule has 1 amide bonds. The number of carbonyl (C=O) groups excluding carboxylic acids is 1. The summed E-state index contributed by atoms with van der Waals surface area (Å²) in [6.07, 6.45) is 3.41. The lowest BCUT2D eigenvalue weighted by molar-refractivity contribution is 0.0907. The number of halogens is 1. The van der Waals surface area contributed by atoms with E-state index in [9.17, 15) is 9.59 Å². The van der Waals surface area contributed by atoms with Crippen LogP contribution in [-0.2, 0) is 13.6 Å². The van der Waals surface area contributed by atoms with E-state index < -0.39 is 0 Å². The van der Waals surface area contributed by atoms with Crippen LogP contribution in [0.3, 0.4) is 0 Å². The van der Waals surface area contributed by atoms with Crippen LogP contribution in [0.4, 0.5) is 0 Å². The third-order valence-electron chi connectivity index (χ3n) is 4.61. The van der Waals surface area contributed by atoms with Crippen molar-refractivity contribution in [3.8, 4) is 0 Å². The van der Waals surface area contributed by atoms with Gasteiger partial charge in [0.2, 0.25) is 0 Å².